The van der Waals surface area contributed by atoms with Crippen molar-refractivity contribution in [3.63, 3.8) is 0 Å². The van der Waals surface area contributed by atoms with Crippen LogP contribution in [0.15, 0.2) is 0 Å². The van der Waals surface area contributed by atoms with Crippen LogP contribution in [0.3, 0.4) is 0 Å². The smallest absolute Gasteiger partial charge is 0.239 e. The van der Waals surface area contributed by atoms with Crippen molar-refractivity contribution in [3.05, 3.63) is 0 Å². The molecule has 0 radical (unpaired) electrons. The van der Waals surface area contributed by atoms with Crippen LogP contribution < -0.4 is 16.4 Å². The molecule has 94 valence electrons. The van der Waals surface area contributed by atoms with Crippen LogP contribution in [0.4, 0.5) is 0 Å². The molecule has 0 rings (SSSR count). The van der Waals surface area contributed by atoms with Crippen molar-refractivity contribution in [2.75, 3.05) is 0 Å². The Labute approximate surface area is 97.2 Å². The van der Waals surface area contributed by atoms with E-state index in [9.17, 15) is 9.59 Å². The van der Waals surface area contributed by atoms with Crippen molar-refractivity contribution < 1.29 is 9.59 Å². The first-order chi connectivity index (χ1) is 7.25. The zero-order valence-electron chi connectivity index (χ0n) is 10.7. The molecule has 0 aliphatic carbocycles. The molecule has 0 fully saturated rings. The first-order valence-corrected chi connectivity index (χ1v) is 5.61. The highest BCUT2D eigenvalue weighted by molar-refractivity contribution is 5.88. The maximum absolute atomic E-state index is 11.9. The average molecular weight is 229 g/mol. The van der Waals surface area contributed by atoms with Gasteiger partial charge >= 0.3 is 0 Å². The Morgan fingerprint density at radius 2 is 1.56 bits per heavy atom. The molecule has 2 atom stereocenters. The monoisotopic (exact) mass is 229 g/mol. The van der Waals surface area contributed by atoms with Gasteiger partial charge in [0, 0.05) is 6.04 Å². The first kappa shape index (κ1) is 14.9. The van der Waals surface area contributed by atoms with Gasteiger partial charge in [-0.2, -0.15) is 0 Å². The van der Waals surface area contributed by atoms with Crippen LogP contribution in [0.2, 0.25) is 0 Å². The van der Waals surface area contributed by atoms with Crippen LogP contribution >= 0.6 is 0 Å². The third-order valence-electron chi connectivity index (χ3n) is 2.25. The second kappa shape index (κ2) is 6.48. The molecule has 16 heavy (non-hydrogen) atoms. The summed E-state index contributed by atoms with van der Waals surface area (Å²) in [6, 6.07) is -0.730. The van der Waals surface area contributed by atoms with Crippen LogP contribution in [0.1, 0.15) is 34.6 Å². The molecule has 0 bridgehead atoms. The fourth-order valence-electron chi connectivity index (χ4n) is 1.30. The summed E-state index contributed by atoms with van der Waals surface area (Å²) < 4.78 is 0. The van der Waals surface area contributed by atoms with Gasteiger partial charge in [0.25, 0.3) is 0 Å². The molecular formula is C11H23N3O2. The van der Waals surface area contributed by atoms with Gasteiger partial charge in [0.15, 0.2) is 0 Å². The van der Waals surface area contributed by atoms with Crippen molar-refractivity contribution in [1.82, 2.24) is 10.6 Å². The van der Waals surface area contributed by atoms with Gasteiger partial charge in [-0.05, 0) is 12.8 Å². The van der Waals surface area contributed by atoms with Gasteiger partial charge in [-0.25, -0.2) is 0 Å². The van der Waals surface area contributed by atoms with Crippen LogP contribution in [0.5, 0.6) is 0 Å². The highest BCUT2D eigenvalue weighted by atomic mass is 16.2. The van der Waals surface area contributed by atoms with Crippen molar-refractivity contribution >= 4 is 11.8 Å². The second-order valence-electron chi connectivity index (χ2n) is 4.68. The highest BCUT2D eigenvalue weighted by Crippen LogP contribution is 2.03. The molecule has 5 heteroatoms. The minimum atomic E-state index is -0.636. The Hall–Kier alpha value is -1.10. The van der Waals surface area contributed by atoms with Crippen LogP contribution in [-0.2, 0) is 9.59 Å². The number of hydrogen-bond acceptors (Lipinski definition) is 3. The molecule has 0 aromatic heterocycles. The predicted molar refractivity (Wildman–Crippen MR) is 63.7 cm³/mol. The third kappa shape index (κ3) is 5.11. The molecule has 0 heterocycles. The summed E-state index contributed by atoms with van der Waals surface area (Å²) in [6.45, 7) is 9.43. The fourth-order valence-corrected chi connectivity index (χ4v) is 1.30. The highest BCUT2D eigenvalue weighted by Gasteiger charge is 2.24. The first-order valence-electron chi connectivity index (χ1n) is 5.61. The Balaban J connectivity index is 4.44. The number of hydrogen-bond donors (Lipinski definition) is 3. The number of nitrogens with one attached hydrogen (secondary N) is 2. The number of primary amides is 1. The zero-order chi connectivity index (χ0) is 12.9. The average Bonchev–Trinajstić information content (AvgIpc) is 2.12. The maximum Gasteiger partial charge on any atom is 0.239 e. The van der Waals surface area contributed by atoms with Crippen LogP contribution in [-0.4, -0.2) is 29.9 Å². The quantitative estimate of drug-likeness (QED) is 0.599. The summed E-state index contributed by atoms with van der Waals surface area (Å²) in [5, 5.41) is 5.75. The van der Waals surface area contributed by atoms with E-state index in [0.29, 0.717) is 0 Å². The Bertz CT molecular complexity index is 252. The summed E-state index contributed by atoms with van der Waals surface area (Å²) in [6.07, 6.45) is 0. The largest absolute Gasteiger partial charge is 0.368 e. The molecule has 4 N–H and O–H groups in total. The lowest BCUT2D eigenvalue weighted by atomic mass is 10.0. The van der Waals surface area contributed by atoms with E-state index in [-0.39, 0.29) is 23.9 Å². The predicted octanol–water partition coefficient (Wildman–Crippen LogP) is -0.001000. The summed E-state index contributed by atoms with van der Waals surface area (Å²) in [5.41, 5.74) is 5.09. The lowest BCUT2D eigenvalue weighted by Crippen LogP contribution is -2.54. The fraction of sp³-hybridized carbons (Fsp3) is 0.818. The third-order valence-corrected chi connectivity index (χ3v) is 2.25. The van der Waals surface area contributed by atoms with Crippen LogP contribution in [0.25, 0.3) is 0 Å². The Morgan fingerprint density at radius 1 is 1.06 bits per heavy atom. The normalized spacial score (nSPS) is 14.9. The summed E-state index contributed by atoms with van der Waals surface area (Å²) in [5.74, 6) is -0.558. The SMILES string of the molecule is CC(C)NC(C(=O)N[C@@H](C)C(N)=O)C(C)C. The molecule has 0 aromatic rings. The second-order valence-corrected chi connectivity index (χ2v) is 4.68. The molecule has 0 spiro atoms. The van der Waals surface area contributed by atoms with E-state index < -0.39 is 11.9 Å². The topological polar surface area (TPSA) is 84.2 Å². The van der Waals surface area contributed by atoms with E-state index >= 15 is 0 Å². The molecule has 5 nitrogen and oxygen atoms in total. The van der Waals surface area contributed by atoms with Crippen molar-refractivity contribution in [3.8, 4) is 0 Å². The number of rotatable bonds is 6. The van der Waals surface area contributed by atoms with Gasteiger partial charge in [-0.15, -0.1) is 0 Å². The molecule has 0 aliphatic heterocycles. The summed E-state index contributed by atoms with van der Waals surface area (Å²) in [7, 11) is 0. The molecule has 0 saturated heterocycles. The lowest BCUT2D eigenvalue weighted by molar-refractivity contribution is -0.129. The van der Waals surface area contributed by atoms with Crippen molar-refractivity contribution in [2.24, 2.45) is 11.7 Å². The van der Waals surface area contributed by atoms with Gasteiger partial charge in [-0.1, -0.05) is 27.7 Å². The molecular weight excluding hydrogens is 206 g/mol. The van der Waals surface area contributed by atoms with Gasteiger partial charge < -0.3 is 16.4 Å². The van der Waals surface area contributed by atoms with E-state index in [2.05, 4.69) is 10.6 Å². The number of carbonyl (C=O) groups is 2. The van der Waals surface area contributed by atoms with E-state index in [4.69, 9.17) is 5.73 Å². The molecule has 0 aromatic carbocycles. The molecule has 1 unspecified atom stereocenters. The van der Waals surface area contributed by atoms with Gasteiger partial charge in [0.05, 0.1) is 6.04 Å². The molecule has 0 aliphatic rings. The zero-order valence-corrected chi connectivity index (χ0v) is 10.7. The molecule has 0 saturated carbocycles. The van der Waals surface area contributed by atoms with Gasteiger partial charge in [-0.3, -0.25) is 9.59 Å². The molecule has 2 amide bonds. The minimum Gasteiger partial charge on any atom is -0.368 e. The number of amides is 2. The summed E-state index contributed by atoms with van der Waals surface area (Å²) in [4.78, 5) is 22.7. The standard InChI is InChI=1S/C11H23N3O2/c1-6(2)9(13-7(3)4)11(16)14-8(5)10(12)15/h6-9,13H,1-5H3,(H2,12,15)(H,14,16)/t8-,9?/m0/s1. The van der Waals surface area contributed by atoms with Crippen molar-refractivity contribution in [2.45, 2.75) is 52.7 Å². The lowest BCUT2D eigenvalue weighted by Gasteiger charge is -2.25. The summed E-state index contributed by atoms with van der Waals surface area (Å²) >= 11 is 0. The number of nitrogens with two attached hydrogens (primary N) is 1. The van der Waals surface area contributed by atoms with E-state index in [1.165, 1.54) is 0 Å². The Kier molecular flexibility index (Phi) is 6.03. The van der Waals surface area contributed by atoms with Crippen molar-refractivity contribution in [1.29, 1.82) is 0 Å². The van der Waals surface area contributed by atoms with Crippen LogP contribution in [0, 0.1) is 5.92 Å². The minimum absolute atomic E-state index is 0.155. The van der Waals surface area contributed by atoms with E-state index in [1.807, 2.05) is 27.7 Å². The van der Waals surface area contributed by atoms with E-state index in [1.54, 1.807) is 6.92 Å². The maximum atomic E-state index is 11.9. The Morgan fingerprint density at radius 3 is 1.88 bits per heavy atom. The van der Waals surface area contributed by atoms with E-state index in [0.717, 1.165) is 0 Å². The van der Waals surface area contributed by atoms with Gasteiger partial charge in [0.2, 0.25) is 11.8 Å². The number of carbonyl (C=O) groups excluding carboxylic acids is 2. The van der Waals surface area contributed by atoms with Gasteiger partial charge in [0.1, 0.15) is 6.04 Å².